The highest BCUT2D eigenvalue weighted by molar-refractivity contribution is 5.99. The highest BCUT2D eigenvalue weighted by Crippen LogP contribution is 2.10. The molecule has 1 saturated heterocycles. The molecule has 2 amide bonds. The Bertz CT molecular complexity index is 468. The van der Waals surface area contributed by atoms with Gasteiger partial charge in [0.05, 0.1) is 0 Å². The van der Waals surface area contributed by atoms with E-state index in [-0.39, 0.29) is 5.91 Å². The van der Waals surface area contributed by atoms with Crippen LogP contribution >= 0.6 is 0 Å². The molecular weight excluding hydrogens is 242 g/mol. The number of carbonyl (C=O) groups excluding carboxylic acids is 2. The number of nitrogens with one attached hydrogen (secondary N) is 2. The zero-order valence-electron chi connectivity index (χ0n) is 10.8. The van der Waals surface area contributed by atoms with Gasteiger partial charge in [-0.15, -0.1) is 0 Å². The Morgan fingerprint density at radius 1 is 1.26 bits per heavy atom. The van der Waals surface area contributed by atoms with Crippen molar-refractivity contribution >= 4 is 11.8 Å². The molecule has 5 nitrogen and oxygen atoms in total. The molecule has 1 heterocycles. The van der Waals surface area contributed by atoms with Crippen LogP contribution < -0.4 is 16.4 Å². The van der Waals surface area contributed by atoms with Crippen LogP contribution in [0.4, 0.5) is 0 Å². The molecule has 5 heteroatoms. The Hall–Kier alpha value is -1.88. The van der Waals surface area contributed by atoms with Gasteiger partial charge in [-0.25, -0.2) is 0 Å². The molecule has 0 unspecified atom stereocenters. The summed E-state index contributed by atoms with van der Waals surface area (Å²) < 4.78 is 0. The molecule has 0 bridgehead atoms. The molecule has 1 aromatic rings. The predicted octanol–water partition coefficient (Wildman–Crippen LogP) is 0.515. The fourth-order valence-electron chi connectivity index (χ4n) is 2.24. The summed E-state index contributed by atoms with van der Waals surface area (Å²) in [5, 5.41) is 6.21. The average Bonchev–Trinajstić information content (AvgIpc) is 2.46. The molecule has 0 aliphatic carbocycles. The third-order valence-electron chi connectivity index (χ3n) is 3.42. The minimum Gasteiger partial charge on any atom is -0.366 e. The zero-order chi connectivity index (χ0) is 13.7. The third-order valence-corrected chi connectivity index (χ3v) is 3.42. The van der Waals surface area contributed by atoms with E-state index < -0.39 is 5.91 Å². The molecule has 0 spiro atoms. The minimum atomic E-state index is -0.520. The number of benzene rings is 1. The largest absolute Gasteiger partial charge is 0.366 e. The topological polar surface area (TPSA) is 84.2 Å². The van der Waals surface area contributed by atoms with Gasteiger partial charge in [-0.3, -0.25) is 9.59 Å². The first kappa shape index (κ1) is 13.5. The molecule has 1 fully saturated rings. The van der Waals surface area contributed by atoms with E-state index in [1.54, 1.807) is 18.2 Å². The quantitative estimate of drug-likeness (QED) is 0.738. The van der Waals surface area contributed by atoms with Gasteiger partial charge in [-0.05, 0) is 50.0 Å². The van der Waals surface area contributed by atoms with Crippen molar-refractivity contribution in [2.45, 2.75) is 12.8 Å². The first-order valence-corrected chi connectivity index (χ1v) is 6.55. The summed E-state index contributed by atoms with van der Waals surface area (Å²) in [7, 11) is 0. The first-order valence-electron chi connectivity index (χ1n) is 6.55. The van der Waals surface area contributed by atoms with Crippen molar-refractivity contribution in [1.82, 2.24) is 10.6 Å². The Morgan fingerprint density at radius 3 is 2.63 bits per heavy atom. The van der Waals surface area contributed by atoms with E-state index >= 15 is 0 Å². The Labute approximate surface area is 112 Å². The smallest absolute Gasteiger partial charge is 0.251 e. The van der Waals surface area contributed by atoms with E-state index in [4.69, 9.17) is 5.73 Å². The van der Waals surface area contributed by atoms with Crippen molar-refractivity contribution in [3.63, 3.8) is 0 Å². The van der Waals surface area contributed by atoms with Gasteiger partial charge >= 0.3 is 0 Å². The van der Waals surface area contributed by atoms with Crippen molar-refractivity contribution in [1.29, 1.82) is 0 Å². The molecule has 0 atom stereocenters. The molecule has 0 saturated carbocycles. The predicted molar refractivity (Wildman–Crippen MR) is 72.9 cm³/mol. The van der Waals surface area contributed by atoms with Gasteiger partial charge in [0.2, 0.25) is 5.91 Å². The van der Waals surface area contributed by atoms with Crippen LogP contribution in [-0.2, 0) is 0 Å². The number of hydrogen-bond donors (Lipinski definition) is 3. The minimum absolute atomic E-state index is 0.151. The van der Waals surface area contributed by atoms with E-state index in [2.05, 4.69) is 10.6 Å². The van der Waals surface area contributed by atoms with E-state index in [1.165, 1.54) is 6.07 Å². The van der Waals surface area contributed by atoms with E-state index in [1.807, 2.05) is 0 Å². The van der Waals surface area contributed by atoms with Crippen LogP contribution in [0.5, 0.6) is 0 Å². The summed E-state index contributed by atoms with van der Waals surface area (Å²) in [6, 6.07) is 6.48. The van der Waals surface area contributed by atoms with Crippen molar-refractivity contribution in [3.8, 4) is 0 Å². The van der Waals surface area contributed by atoms with Crippen LogP contribution in [0, 0.1) is 5.92 Å². The van der Waals surface area contributed by atoms with Crippen LogP contribution in [0.1, 0.15) is 33.6 Å². The SMILES string of the molecule is NC(=O)c1cccc(C(=O)NCC2CCNCC2)c1. The normalized spacial score (nSPS) is 16.0. The fourth-order valence-corrected chi connectivity index (χ4v) is 2.24. The molecule has 4 N–H and O–H groups in total. The van der Waals surface area contributed by atoms with Crippen molar-refractivity contribution < 1.29 is 9.59 Å². The summed E-state index contributed by atoms with van der Waals surface area (Å²) in [5.74, 6) is -0.140. The highest BCUT2D eigenvalue weighted by Gasteiger charge is 2.15. The molecule has 0 radical (unpaired) electrons. The molecular formula is C14H19N3O2. The van der Waals surface area contributed by atoms with E-state index in [0.717, 1.165) is 25.9 Å². The van der Waals surface area contributed by atoms with Crippen LogP contribution in [0.15, 0.2) is 24.3 Å². The average molecular weight is 261 g/mol. The maximum Gasteiger partial charge on any atom is 0.251 e. The Kier molecular flexibility index (Phi) is 4.52. The number of carbonyl (C=O) groups is 2. The number of hydrogen-bond acceptors (Lipinski definition) is 3. The summed E-state index contributed by atoms with van der Waals surface area (Å²) >= 11 is 0. The molecule has 0 aromatic heterocycles. The molecule has 19 heavy (non-hydrogen) atoms. The van der Waals surface area contributed by atoms with E-state index in [9.17, 15) is 9.59 Å². The van der Waals surface area contributed by atoms with Crippen LogP contribution in [0.25, 0.3) is 0 Å². The number of amides is 2. The lowest BCUT2D eigenvalue weighted by Crippen LogP contribution is -2.36. The van der Waals surface area contributed by atoms with Crippen molar-refractivity contribution in [2.24, 2.45) is 11.7 Å². The van der Waals surface area contributed by atoms with Crippen molar-refractivity contribution in [3.05, 3.63) is 35.4 Å². The second kappa shape index (κ2) is 6.33. The van der Waals surface area contributed by atoms with Gasteiger partial charge in [0, 0.05) is 17.7 Å². The second-order valence-corrected chi connectivity index (χ2v) is 4.85. The second-order valence-electron chi connectivity index (χ2n) is 4.85. The molecule has 1 aliphatic heterocycles. The van der Waals surface area contributed by atoms with Gasteiger partial charge in [0.15, 0.2) is 0 Å². The monoisotopic (exact) mass is 261 g/mol. The van der Waals surface area contributed by atoms with Gasteiger partial charge in [0.25, 0.3) is 5.91 Å². The summed E-state index contributed by atoms with van der Waals surface area (Å²) in [5.41, 5.74) is 6.03. The van der Waals surface area contributed by atoms with Gasteiger partial charge in [-0.2, -0.15) is 0 Å². The molecule has 1 aliphatic rings. The lowest BCUT2D eigenvalue weighted by molar-refractivity contribution is 0.0944. The highest BCUT2D eigenvalue weighted by atomic mass is 16.2. The van der Waals surface area contributed by atoms with Crippen LogP contribution in [-0.4, -0.2) is 31.4 Å². The maximum absolute atomic E-state index is 12.0. The number of rotatable bonds is 4. The van der Waals surface area contributed by atoms with Gasteiger partial charge in [0.1, 0.15) is 0 Å². The third kappa shape index (κ3) is 3.79. The molecule has 1 aromatic carbocycles. The first-order chi connectivity index (χ1) is 9.16. The molecule has 102 valence electrons. The summed E-state index contributed by atoms with van der Waals surface area (Å²) in [4.78, 5) is 23.0. The summed E-state index contributed by atoms with van der Waals surface area (Å²) in [6.45, 7) is 2.71. The fraction of sp³-hybridized carbons (Fsp3) is 0.429. The number of primary amides is 1. The maximum atomic E-state index is 12.0. The van der Waals surface area contributed by atoms with Crippen LogP contribution in [0.3, 0.4) is 0 Å². The molecule has 2 rings (SSSR count). The van der Waals surface area contributed by atoms with E-state index in [0.29, 0.717) is 23.6 Å². The lowest BCUT2D eigenvalue weighted by atomic mass is 9.98. The number of nitrogens with two attached hydrogens (primary N) is 1. The van der Waals surface area contributed by atoms with Gasteiger partial charge < -0.3 is 16.4 Å². The number of piperidine rings is 1. The standard InChI is InChI=1S/C14H19N3O2/c15-13(18)11-2-1-3-12(8-11)14(19)17-9-10-4-6-16-7-5-10/h1-3,8,10,16H,4-7,9H2,(H2,15,18)(H,17,19). The Balaban J connectivity index is 1.92. The zero-order valence-corrected chi connectivity index (χ0v) is 10.8. The summed E-state index contributed by atoms with van der Waals surface area (Å²) in [6.07, 6.45) is 2.17. The Morgan fingerprint density at radius 2 is 1.95 bits per heavy atom. The van der Waals surface area contributed by atoms with Gasteiger partial charge in [-0.1, -0.05) is 6.07 Å². The van der Waals surface area contributed by atoms with Crippen molar-refractivity contribution in [2.75, 3.05) is 19.6 Å². The lowest BCUT2D eigenvalue weighted by Gasteiger charge is -2.22. The van der Waals surface area contributed by atoms with Crippen LogP contribution in [0.2, 0.25) is 0 Å².